The van der Waals surface area contributed by atoms with E-state index in [1.54, 1.807) is 6.92 Å². The van der Waals surface area contributed by atoms with Gasteiger partial charge in [-0.3, -0.25) is 0 Å². The maximum atomic E-state index is 12.0. The Morgan fingerprint density at radius 3 is 2.56 bits per heavy atom. The minimum absolute atomic E-state index is 0.0630. The molecular weight excluding hydrogens is 220 g/mol. The zero-order chi connectivity index (χ0) is 12.1. The normalized spacial score (nSPS) is 11.7. The standard InChI is InChI=1S/C10H11F2NO3/c1-6(13-14)7-3-4-8(16-10(11)12)9(5-7)15-2/h3-5,10,14H,1-2H3. The van der Waals surface area contributed by atoms with Crippen molar-refractivity contribution in [3.63, 3.8) is 0 Å². The lowest BCUT2D eigenvalue weighted by molar-refractivity contribution is -0.0512. The molecule has 16 heavy (non-hydrogen) atoms. The number of halogens is 2. The third kappa shape index (κ3) is 2.82. The van der Waals surface area contributed by atoms with Crippen molar-refractivity contribution in [1.82, 2.24) is 0 Å². The summed E-state index contributed by atoms with van der Waals surface area (Å²) in [4.78, 5) is 0. The van der Waals surface area contributed by atoms with Crippen LogP contribution in [0.2, 0.25) is 0 Å². The number of methoxy groups -OCH3 is 1. The molecule has 0 spiro atoms. The lowest BCUT2D eigenvalue weighted by Crippen LogP contribution is -2.04. The quantitative estimate of drug-likeness (QED) is 0.492. The van der Waals surface area contributed by atoms with Crippen LogP contribution in [0, 0.1) is 0 Å². The number of rotatable bonds is 4. The molecule has 1 aromatic rings. The van der Waals surface area contributed by atoms with Crippen molar-refractivity contribution in [2.24, 2.45) is 5.16 Å². The van der Waals surface area contributed by atoms with Gasteiger partial charge in [0.25, 0.3) is 0 Å². The van der Waals surface area contributed by atoms with Gasteiger partial charge in [0.05, 0.1) is 12.8 Å². The van der Waals surface area contributed by atoms with Crippen LogP contribution in [0.25, 0.3) is 0 Å². The molecular formula is C10H11F2NO3. The molecule has 0 radical (unpaired) electrons. The highest BCUT2D eigenvalue weighted by Gasteiger charge is 2.11. The second kappa shape index (κ2) is 5.29. The third-order valence-electron chi connectivity index (χ3n) is 1.95. The van der Waals surface area contributed by atoms with Gasteiger partial charge < -0.3 is 14.7 Å². The molecule has 0 bridgehead atoms. The van der Waals surface area contributed by atoms with Crippen LogP contribution in [0.1, 0.15) is 12.5 Å². The number of hydrogen-bond acceptors (Lipinski definition) is 4. The molecule has 0 amide bonds. The van der Waals surface area contributed by atoms with Crippen LogP contribution in [-0.2, 0) is 0 Å². The Balaban J connectivity index is 3.06. The van der Waals surface area contributed by atoms with E-state index in [1.807, 2.05) is 0 Å². The van der Waals surface area contributed by atoms with E-state index < -0.39 is 6.61 Å². The molecule has 1 aromatic carbocycles. The van der Waals surface area contributed by atoms with Gasteiger partial charge in [0.1, 0.15) is 0 Å². The fourth-order valence-corrected chi connectivity index (χ4v) is 1.14. The van der Waals surface area contributed by atoms with Gasteiger partial charge >= 0.3 is 6.61 Å². The van der Waals surface area contributed by atoms with E-state index in [2.05, 4.69) is 9.89 Å². The van der Waals surface area contributed by atoms with Gasteiger partial charge in [-0.05, 0) is 25.1 Å². The largest absolute Gasteiger partial charge is 0.493 e. The second-order valence-corrected chi connectivity index (χ2v) is 2.93. The summed E-state index contributed by atoms with van der Waals surface area (Å²) < 4.78 is 33.2. The maximum Gasteiger partial charge on any atom is 0.387 e. The maximum absolute atomic E-state index is 12.0. The van der Waals surface area contributed by atoms with Crippen molar-refractivity contribution in [3.05, 3.63) is 23.8 Å². The zero-order valence-corrected chi connectivity index (χ0v) is 8.78. The van der Waals surface area contributed by atoms with E-state index in [0.717, 1.165) is 0 Å². The molecule has 1 rings (SSSR count). The molecule has 0 aromatic heterocycles. The molecule has 0 aliphatic carbocycles. The van der Waals surface area contributed by atoms with Crippen LogP contribution in [0.5, 0.6) is 11.5 Å². The Morgan fingerprint density at radius 1 is 1.38 bits per heavy atom. The van der Waals surface area contributed by atoms with E-state index in [1.165, 1.54) is 25.3 Å². The van der Waals surface area contributed by atoms with Gasteiger partial charge in [0.15, 0.2) is 11.5 Å². The van der Waals surface area contributed by atoms with Gasteiger partial charge in [0.2, 0.25) is 0 Å². The van der Waals surface area contributed by atoms with Crippen LogP contribution < -0.4 is 9.47 Å². The van der Waals surface area contributed by atoms with Crippen LogP contribution in [0.4, 0.5) is 8.78 Å². The van der Waals surface area contributed by atoms with Crippen LogP contribution in [0.15, 0.2) is 23.4 Å². The van der Waals surface area contributed by atoms with E-state index in [-0.39, 0.29) is 11.5 Å². The van der Waals surface area contributed by atoms with E-state index in [9.17, 15) is 8.78 Å². The zero-order valence-electron chi connectivity index (χ0n) is 8.78. The Labute approximate surface area is 91.1 Å². The number of benzene rings is 1. The van der Waals surface area contributed by atoms with Gasteiger partial charge in [0, 0.05) is 5.56 Å². The number of nitrogens with zero attached hydrogens (tertiary/aromatic N) is 1. The molecule has 0 saturated heterocycles. The Morgan fingerprint density at radius 2 is 2.06 bits per heavy atom. The fourth-order valence-electron chi connectivity index (χ4n) is 1.14. The summed E-state index contributed by atoms with van der Waals surface area (Å²) in [7, 11) is 1.34. The predicted octanol–water partition coefficient (Wildman–Crippen LogP) is 2.49. The van der Waals surface area contributed by atoms with E-state index >= 15 is 0 Å². The first-order valence-corrected chi connectivity index (χ1v) is 4.40. The molecule has 0 aliphatic rings. The van der Waals surface area contributed by atoms with Crippen molar-refractivity contribution in [2.75, 3.05) is 7.11 Å². The first kappa shape index (κ1) is 12.2. The smallest absolute Gasteiger partial charge is 0.387 e. The fraction of sp³-hybridized carbons (Fsp3) is 0.300. The average Bonchev–Trinajstić information content (AvgIpc) is 2.27. The number of ether oxygens (including phenoxy) is 2. The molecule has 1 N–H and O–H groups in total. The molecule has 0 atom stereocenters. The highest BCUT2D eigenvalue weighted by atomic mass is 19.3. The molecule has 88 valence electrons. The SMILES string of the molecule is COc1cc(C(C)=NO)ccc1OC(F)F. The molecule has 0 heterocycles. The molecule has 6 heteroatoms. The lowest BCUT2D eigenvalue weighted by atomic mass is 10.1. The molecule has 0 fully saturated rings. The minimum Gasteiger partial charge on any atom is -0.493 e. The van der Waals surface area contributed by atoms with E-state index in [0.29, 0.717) is 11.3 Å². The number of oxime groups is 1. The van der Waals surface area contributed by atoms with Gasteiger partial charge in [-0.25, -0.2) is 0 Å². The molecule has 4 nitrogen and oxygen atoms in total. The Hall–Kier alpha value is -1.85. The molecule has 0 aliphatic heterocycles. The van der Waals surface area contributed by atoms with Crippen molar-refractivity contribution >= 4 is 5.71 Å². The molecule has 0 unspecified atom stereocenters. The van der Waals surface area contributed by atoms with Gasteiger partial charge in [-0.1, -0.05) is 5.16 Å². The van der Waals surface area contributed by atoms with Gasteiger partial charge in [-0.15, -0.1) is 0 Å². The summed E-state index contributed by atoms with van der Waals surface area (Å²) in [6, 6.07) is 4.27. The number of hydrogen-bond donors (Lipinski definition) is 1. The summed E-state index contributed by atoms with van der Waals surface area (Å²) in [6.45, 7) is -1.34. The third-order valence-corrected chi connectivity index (χ3v) is 1.95. The minimum atomic E-state index is -2.91. The number of alkyl halides is 2. The summed E-state index contributed by atoms with van der Waals surface area (Å²) in [5.41, 5.74) is 0.905. The van der Waals surface area contributed by atoms with Gasteiger partial charge in [-0.2, -0.15) is 8.78 Å². The van der Waals surface area contributed by atoms with E-state index in [4.69, 9.17) is 9.94 Å². The highest BCUT2D eigenvalue weighted by molar-refractivity contribution is 5.98. The van der Waals surface area contributed by atoms with Crippen LogP contribution in [0.3, 0.4) is 0 Å². The lowest BCUT2D eigenvalue weighted by Gasteiger charge is -2.10. The van der Waals surface area contributed by atoms with Crippen molar-refractivity contribution in [3.8, 4) is 11.5 Å². The first-order chi connectivity index (χ1) is 7.58. The summed E-state index contributed by atoms with van der Waals surface area (Å²) in [5, 5.41) is 11.6. The first-order valence-electron chi connectivity index (χ1n) is 4.40. The monoisotopic (exact) mass is 231 g/mol. The highest BCUT2D eigenvalue weighted by Crippen LogP contribution is 2.29. The summed E-state index contributed by atoms with van der Waals surface area (Å²) >= 11 is 0. The predicted molar refractivity (Wildman–Crippen MR) is 53.6 cm³/mol. The second-order valence-electron chi connectivity index (χ2n) is 2.93. The Bertz CT molecular complexity index is 394. The summed E-state index contributed by atoms with van der Waals surface area (Å²) in [6.07, 6.45) is 0. The molecule has 0 saturated carbocycles. The summed E-state index contributed by atoms with van der Waals surface area (Å²) in [5.74, 6) is 0.0905. The van der Waals surface area contributed by atoms with Crippen molar-refractivity contribution in [1.29, 1.82) is 0 Å². The van der Waals surface area contributed by atoms with Crippen LogP contribution in [-0.4, -0.2) is 24.6 Å². The topological polar surface area (TPSA) is 51.0 Å². The van der Waals surface area contributed by atoms with Crippen molar-refractivity contribution < 1.29 is 23.5 Å². The average molecular weight is 231 g/mol. The van der Waals surface area contributed by atoms with Crippen molar-refractivity contribution in [2.45, 2.75) is 13.5 Å². The Kier molecular flexibility index (Phi) is 4.04. The van der Waals surface area contributed by atoms with Crippen LogP contribution >= 0.6 is 0 Å².